The normalized spacial score (nSPS) is 12.6. The van der Waals surface area contributed by atoms with Gasteiger partial charge in [0.2, 0.25) is 0 Å². The molecule has 0 N–H and O–H groups in total. The number of ketones is 1. The summed E-state index contributed by atoms with van der Waals surface area (Å²) in [6.07, 6.45) is 5.00. The number of carbonyl (C=O) groups is 1. The number of hydrogen-bond acceptors (Lipinski definition) is 3. The fourth-order valence-corrected chi connectivity index (χ4v) is 4.86. The predicted molar refractivity (Wildman–Crippen MR) is 116 cm³/mol. The Labute approximate surface area is 166 Å². The van der Waals surface area contributed by atoms with E-state index in [0.717, 1.165) is 25.9 Å². The van der Waals surface area contributed by atoms with E-state index < -0.39 is 0 Å². The van der Waals surface area contributed by atoms with E-state index in [1.807, 2.05) is 11.8 Å². The number of Topliss-reactive ketones (excluding diaryl/α,β-unsaturated/α-hetero) is 1. The van der Waals surface area contributed by atoms with E-state index in [9.17, 15) is 4.79 Å². The lowest BCUT2D eigenvalue weighted by Crippen LogP contribution is -2.49. The molecule has 148 valence electrons. The number of thioether (sulfide) groups is 1. The summed E-state index contributed by atoms with van der Waals surface area (Å²) in [5.41, 5.74) is 0.977. The van der Waals surface area contributed by atoms with Crippen LogP contribution in [0.4, 0.5) is 0 Å². The average Bonchev–Trinajstić information content (AvgIpc) is 2.56. The van der Waals surface area contributed by atoms with Gasteiger partial charge in [-0.3, -0.25) is 9.69 Å². The number of hydrogen-bond donors (Lipinski definition) is 0. The smallest absolute Gasteiger partial charge is 0.152 e. The lowest BCUT2D eigenvalue weighted by atomic mass is 9.92. The standard InChI is InChI=1S/C23H39NOS/c1-8-18-22(4,5)26-20-16-14-19(15-17-20)12-11-13-21(25)23(6,7)24(9-2)10-3/h14-17H,8-13,18H2,1-7H3. The zero-order chi connectivity index (χ0) is 19.8. The molecule has 0 unspecified atom stereocenters. The SMILES string of the molecule is CCCC(C)(C)Sc1ccc(CCCC(=O)C(C)(C)N(CC)CC)cc1. The van der Waals surface area contributed by atoms with Crippen LogP contribution in [0.5, 0.6) is 0 Å². The van der Waals surface area contributed by atoms with Crippen molar-refractivity contribution >= 4 is 17.5 Å². The summed E-state index contributed by atoms with van der Waals surface area (Å²) >= 11 is 1.96. The molecule has 0 bridgehead atoms. The summed E-state index contributed by atoms with van der Waals surface area (Å²) in [5.74, 6) is 0.356. The Balaban J connectivity index is 2.52. The van der Waals surface area contributed by atoms with Crippen LogP contribution in [0.15, 0.2) is 29.2 Å². The molecular formula is C23H39NOS. The Hall–Kier alpha value is -0.800. The highest BCUT2D eigenvalue weighted by molar-refractivity contribution is 8.00. The van der Waals surface area contributed by atoms with Crippen LogP contribution in [0, 0.1) is 0 Å². The highest BCUT2D eigenvalue weighted by Crippen LogP contribution is 2.35. The van der Waals surface area contributed by atoms with E-state index in [4.69, 9.17) is 0 Å². The van der Waals surface area contributed by atoms with Crippen molar-refractivity contribution in [1.29, 1.82) is 0 Å². The van der Waals surface area contributed by atoms with Crippen LogP contribution < -0.4 is 0 Å². The summed E-state index contributed by atoms with van der Waals surface area (Å²) in [6, 6.07) is 8.92. The Kier molecular flexibility index (Phi) is 9.40. The van der Waals surface area contributed by atoms with Gasteiger partial charge in [0, 0.05) is 16.1 Å². The largest absolute Gasteiger partial charge is 0.298 e. The van der Waals surface area contributed by atoms with Crippen LogP contribution in [0.2, 0.25) is 0 Å². The number of likely N-dealkylation sites (N-methyl/N-ethyl adjacent to an activating group) is 1. The highest BCUT2D eigenvalue weighted by Gasteiger charge is 2.31. The molecule has 0 heterocycles. The third kappa shape index (κ3) is 7.08. The van der Waals surface area contributed by atoms with Gasteiger partial charge in [-0.1, -0.05) is 53.2 Å². The first-order valence-electron chi connectivity index (χ1n) is 10.2. The molecule has 1 aromatic rings. The van der Waals surface area contributed by atoms with Crippen LogP contribution in [-0.4, -0.2) is 34.1 Å². The fourth-order valence-electron chi connectivity index (χ4n) is 3.65. The molecule has 0 saturated heterocycles. The molecule has 0 amide bonds. The molecule has 2 nitrogen and oxygen atoms in total. The van der Waals surface area contributed by atoms with Gasteiger partial charge in [0.1, 0.15) is 0 Å². The molecular weight excluding hydrogens is 338 g/mol. The van der Waals surface area contributed by atoms with E-state index in [1.165, 1.54) is 23.3 Å². The van der Waals surface area contributed by atoms with Gasteiger partial charge in [-0.2, -0.15) is 0 Å². The third-order valence-electron chi connectivity index (χ3n) is 5.28. The monoisotopic (exact) mass is 377 g/mol. The molecule has 0 fully saturated rings. The molecule has 1 aromatic carbocycles. The number of carbonyl (C=O) groups excluding carboxylic acids is 1. The van der Waals surface area contributed by atoms with Gasteiger partial charge < -0.3 is 0 Å². The van der Waals surface area contributed by atoms with E-state index in [2.05, 4.69) is 77.6 Å². The fraction of sp³-hybridized carbons (Fsp3) is 0.696. The van der Waals surface area contributed by atoms with Gasteiger partial charge in [0.05, 0.1) is 5.54 Å². The Morgan fingerprint density at radius 2 is 1.58 bits per heavy atom. The van der Waals surface area contributed by atoms with Gasteiger partial charge in [-0.25, -0.2) is 0 Å². The number of rotatable bonds is 12. The summed E-state index contributed by atoms with van der Waals surface area (Å²) in [4.78, 5) is 16.2. The molecule has 0 radical (unpaired) electrons. The van der Waals surface area contributed by atoms with Crippen LogP contribution in [0.25, 0.3) is 0 Å². The maximum Gasteiger partial charge on any atom is 0.152 e. The van der Waals surface area contributed by atoms with Crippen molar-refractivity contribution in [3.8, 4) is 0 Å². The second-order valence-corrected chi connectivity index (χ2v) is 10.0. The molecule has 0 aromatic heterocycles. The molecule has 0 aliphatic carbocycles. The summed E-state index contributed by atoms with van der Waals surface area (Å²) < 4.78 is 0.290. The van der Waals surface area contributed by atoms with Gasteiger partial charge in [-0.15, -0.1) is 11.8 Å². The lowest BCUT2D eigenvalue weighted by molar-refractivity contribution is -0.129. The summed E-state index contributed by atoms with van der Waals surface area (Å²) in [5, 5.41) is 0. The second-order valence-electron chi connectivity index (χ2n) is 8.26. The van der Waals surface area contributed by atoms with Gasteiger partial charge in [0.25, 0.3) is 0 Å². The Morgan fingerprint density at radius 1 is 1.00 bits per heavy atom. The second kappa shape index (κ2) is 10.5. The van der Waals surface area contributed by atoms with Crippen molar-refractivity contribution in [2.45, 2.75) is 95.8 Å². The van der Waals surface area contributed by atoms with Crippen molar-refractivity contribution in [3.05, 3.63) is 29.8 Å². The van der Waals surface area contributed by atoms with E-state index in [0.29, 0.717) is 17.0 Å². The Morgan fingerprint density at radius 3 is 2.08 bits per heavy atom. The third-order valence-corrected chi connectivity index (χ3v) is 6.54. The van der Waals surface area contributed by atoms with Crippen molar-refractivity contribution < 1.29 is 4.79 Å². The Bertz CT molecular complexity index is 544. The topological polar surface area (TPSA) is 20.3 Å². The zero-order valence-electron chi connectivity index (χ0n) is 18.0. The molecule has 0 aliphatic rings. The number of benzene rings is 1. The molecule has 0 atom stereocenters. The van der Waals surface area contributed by atoms with E-state index in [1.54, 1.807) is 0 Å². The first-order chi connectivity index (χ1) is 12.2. The van der Waals surface area contributed by atoms with E-state index in [-0.39, 0.29) is 5.54 Å². The number of nitrogens with zero attached hydrogens (tertiary/aromatic N) is 1. The van der Waals surface area contributed by atoms with Crippen LogP contribution >= 0.6 is 11.8 Å². The molecule has 0 spiro atoms. The zero-order valence-corrected chi connectivity index (χ0v) is 18.8. The molecule has 26 heavy (non-hydrogen) atoms. The first kappa shape index (κ1) is 23.2. The summed E-state index contributed by atoms with van der Waals surface area (Å²) in [6.45, 7) is 17.1. The number of aryl methyl sites for hydroxylation is 1. The van der Waals surface area contributed by atoms with Crippen LogP contribution in [0.1, 0.15) is 79.7 Å². The van der Waals surface area contributed by atoms with Crippen molar-refractivity contribution in [3.63, 3.8) is 0 Å². The highest BCUT2D eigenvalue weighted by atomic mass is 32.2. The first-order valence-corrected chi connectivity index (χ1v) is 11.0. The minimum Gasteiger partial charge on any atom is -0.298 e. The quantitative estimate of drug-likeness (QED) is 0.395. The molecule has 0 saturated carbocycles. The maximum absolute atomic E-state index is 12.6. The molecule has 0 aliphatic heterocycles. The molecule has 3 heteroatoms. The van der Waals surface area contributed by atoms with Gasteiger partial charge in [0.15, 0.2) is 5.78 Å². The average molecular weight is 378 g/mol. The van der Waals surface area contributed by atoms with Crippen molar-refractivity contribution in [2.24, 2.45) is 0 Å². The van der Waals surface area contributed by atoms with Gasteiger partial charge >= 0.3 is 0 Å². The van der Waals surface area contributed by atoms with Crippen molar-refractivity contribution in [2.75, 3.05) is 13.1 Å². The van der Waals surface area contributed by atoms with Crippen LogP contribution in [-0.2, 0) is 11.2 Å². The molecule has 1 rings (SSSR count). The van der Waals surface area contributed by atoms with Crippen molar-refractivity contribution in [1.82, 2.24) is 4.90 Å². The predicted octanol–water partition coefficient (Wildman–Crippen LogP) is 6.37. The maximum atomic E-state index is 12.6. The van der Waals surface area contributed by atoms with Crippen LogP contribution in [0.3, 0.4) is 0 Å². The summed E-state index contributed by atoms with van der Waals surface area (Å²) in [7, 11) is 0. The minimum absolute atomic E-state index is 0.290. The lowest BCUT2D eigenvalue weighted by Gasteiger charge is -2.35. The minimum atomic E-state index is -0.352. The van der Waals surface area contributed by atoms with Gasteiger partial charge in [-0.05, 0) is 63.9 Å². The van der Waals surface area contributed by atoms with E-state index >= 15 is 0 Å².